The zero-order valence-corrected chi connectivity index (χ0v) is 10.7. The Morgan fingerprint density at radius 3 is 2.50 bits per heavy atom. The third kappa shape index (κ3) is 2.34. The van der Waals surface area contributed by atoms with E-state index in [-0.39, 0.29) is 5.41 Å². The van der Waals surface area contributed by atoms with Crippen LogP contribution in [-0.4, -0.2) is 5.78 Å². The fourth-order valence-electron chi connectivity index (χ4n) is 2.74. The van der Waals surface area contributed by atoms with Crippen molar-refractivity contribution in [2.24, 2.45) is 11.3 Å². The maximum atomic E-state index is 12.0. The Kier molecular flexibility index (Phi) is 3.90. The molecule has 0 fully saturated rings. The average molecular weight is 218 g/mol. The third-order valence-corrected chi connectivity index (χ3v) is 3.65. The van der Waals surface area contributed by atoms with Crippen molar-refractivity contribution >= 4 is 5.78 Å². The maximum absolute atomic E-state index is 12.0. The molecule has 0 radical (unpaired) electrons. The second-order valence-electron chi connectivity index (χ2n) is 5.32. The van der Waals surface area contributed by atoms with Gasteiger partial charge in [-0.15, -0.1) is 13.2 Å². The molecule has 88 valence electrons. The van der Waals surface area contributed by atoms with E-state index in [1.165, 1.54) is 5.57 Å². The molecule has 0 amide bonds. The van der Waals surface area contributed by atoms with Gasteiger partial charge in [-0.3, -0.25) is 4.79 Å². The lowest BCUT2D eigenvalue weighted by molar-refractivity contribution is -0.119. The van der Waals surface area contributed by atoms with Crippen LogP contribution in [0.3, 0.4) is 0 Å². The molecule has 0 aromatic carbocycles. The largest absolute Gasteiger partial charge is 0.295 e. The van der Waals surface area contributed by atoms with Crippen molar-refractivity contribution in [3.63, 3.8) is 0 Å². The van der Waals surface area contributed by atoms with Gasteiger partial charge >= 0.3 is 0 Å². The smallest absolute Gasteiger partial charge is 0.159 e. The molecule has 1 heteroatoms. The second kappa shape index (κ2) is 4.82. The number of carbonyl (C=O) groups excluding carboxylic acids is 1. The highest BCUT2D eigenvalue weighted by Crippen LogP contribution is 2.44. The number of Topliss-reactive ketones (excluding diaryl/α,β-unsaturated/α-hetero) is 1. The molecule has 1 atom stereocenters. The molecule has 1 aliphatic rings. The first-order chi connectivity index (χ1) is 7.44. The number of hydrogen-bond donors (Lipinski definition) is 0. The van der Waals surface area contributed by atoms with Crippen LogP contribution in [0.25, 0.3) is 0 Å². The van der Waals surface area contributed by atoms with Crippen molar-refractivity contribution in [1.82, 2.24) is 0 Å². The molecule has 0 spiro atoms. The van der Waals surface area contributed by atoms with Gasteiger partial charge < -0.3 is 0 Å². The van der Waals surface area contributed by atoms with E-state index in [1.807, 2.05) is 12.2 Å². The first-order valence-electron chi connectivity index (χ1n) is 5.88. The van der Waals surface area contributed by atoms with Crippen molar-refractivity contribution in [1.29, 1.82) is 0 Å². The van der Waals surface area contributed by atoms with E-state index in [0.717, 1.165) is 12.0 Å². The normalized spacial score (nSPS) is 24.4. The lowest BCUT2D eigenvalue weighted by Gasteiger charge is -2.39. The minimum absolute atomic E-state index is 0.0556. The standard InChI is InChI=1S/C15H22O/c1-6-8-12-11(3)13(9-7-2)15(4,5)10-14(12)16/h6-7,13H,1-2,8-10H2,3-5H3. The quantitative estimate of drug-likeness (QED) is 0.650. The molecule has 0 bridgehead atoms. The highest BCUT2D eigenvalue weighted by Gasteiger charge is 2.38. The van der Waals surface area contributed by atoms with Crippen molar-refractivity contribution in [2.75, 3.05) is 0 Å². The molecule has 1 rings (SSSR count). The zero-order valence-electron chi connectivity index (χ0n) is 10.7. The van der Waals surface area contributed by atoms with Gasteiger partial charge in [-0.1, -0.05) is 31.6 Å². The Morgan fingerprint density at radius 1 is 1.38 bits per heavy atom. The molecule has 0 aliphatic heterocycles. The Hall–Kier alpha value is -1.11. The highest BCUT2D eigenvalue weighted by atomic mass is 16.1. The van der Waals surface area contributed by atoms with Crippen LogP contribution >= 0.6 is 0 Å². The summed E-state index contributed by atoms with van der Waals surface area (Å²) >= 11 is 0. The predicted octanol–water partition coefficient (Wildman–Crippen LogP) is 4.07. The highest BCUT2D eigenvalue weighted by molar-refractivity contribution is 5.97. The molecular formula is C15H22O. The summed E-state index contributed by atoms with van der Waals surface area (Å²) in [4.78, 5) is 12.0. The summed E-state index contributed by atoms with van der Waals surface area (Å²) in [6.07, 6.45) is 6.07. The van der Waals surface area contributed by atoms with E-state index in [9.17, 15) is 4.79 Å². The maximum Gasteiger partial charge on any atom is 0.159 e. The van der Waals surface area contributed by atoms with E-state index in [1.54, 1.807) is 0 Å². The Labute approximate surface area is 98.9 Å². The second-order valence-corrected chi connectivity index (χ2v) is 5.32. The summed E-state index contributed by atoms with van der Waals surface area (Å²) in [5.74, 6) is 0.736. The van der Waals surface area contributed by atoms with Gasteiger partial charge in [-0.25, -0.2) is 0 Å². The molecule has 1 aliphatic carbocycles. The van der Waals surface area contributed by atoms with Crippen molar-refractivity contribution in [3.05, 3.63) is 36.5 Å². The lowest BCUT2D eigenvalue weighted by Crippen LogP contribution is -2.34. The predicted molar refractivity (Wildman–Crippen MR) is 69.2 cm³/mol. The summed E-state index contributed by atoms with van der Waals surface area (Å²) in [5, 5.41) is 0. The molecule has 0 aromatic rings. The number of rotatable bonds is 4. The van der Waals surface area contributed by atoms with Gasteiger partial charge in [0.1, 0.15) is 0 Å². The van der Waals surface area contributed by atoms with E-state index < -0.39 is 0 Å². The molecule has 16 heavy (non-hydrogen) atoms. The lowest BCUT2D eigenvalue weighted by atomic mass is 9.64. The summed E-state index contributed by atoms with van der Waals surface area (Å²) in [6, 6.07) is 0. The Morgan fingerprint density at radius 2 is 2.00 bits per heavy atom. The van der Waals surface area contributed by atoms with Crippen LogP contribution in [0.1, 0.15) is 40.0 Å². The van der Waals surface area contributed by atoms with Gasteiger partial charge in [0.15, 0.2) is 5.78 Å². The molecule has 0 N–H and O–H groups in total. The van der Waals surface area contributed by atoms with Gasteiger partial charge in [0.25, 0.3) is 0 Å². The molecule has 0 aromatic heterocycles. The first kappa shape index (κ1) is 13.0. The molecule has 0 heterocycles. The van der Waals surface area contributed by atoms with Crippen LogP contribution in [0.2, 0.25) is 0 Å². The number of carbonyl (C=O) groups is 1. The fraction of sp³-hybridized carbons (Fsp3) is 0.533. The van der Waals surface area contributed by atoms with E-state index in [2.05, 4.69) is 33.9 Å². The van der Waals surface area contributed by atoms with Crippen LogP contribution in [0.15, 0.2) is 36.5 Å². The minimum atomic E-state index is 0.0556. The van der Waals surface area contributed by atoms with Crippen LogP contribution in [0.5, 0.6) is 0 Å². The summed E-state index contributed by atoms with van der Waals surface area (Å²) < 4.78 is 0. The molecule has 1 nitrogen and oxygen atoms in total. The van der Waals surface area contributed by atoms with Gasteiger partial charge in [0.2, 0.25) is 0 Å². The summed E-state index contributed by atoms with van der Waals surface area (Å²) in [6.45, 7) is 14.0. The fourth-order valence-corrected chi connectivity index (χ4v) is 2.74. The van der Waals surface area contributed by atoms with E-state index in [0.29, 0.717) is 24.5 Å². The average Bonchev–Trinajstić information content (AvgIpc) is 2.18. The van der Waals surface area contributed by atoms with E-state index >= 15 is 0 Å². The number of hydrogen-bond acceptors (Lipinski definition) is 1. The Bertz CT molecular complexity index is 344. The van der Waals surface area contributed by atoms with Gasteiger partial charge in [0, 0.05) is 6.42 Å². The van der Waals surface area contributed by atoms with Crippen molar-refractivity contribution in [3.8, 4) is 0 Å². The van der Waals surface area contributed by atoms with Crippen LogP contribution in [-0.2, 0) is 4.79 Å². The van der Waals surface area contributed by atoms with Gasteiger partial charge in [-0.05, 0) is 36.7 Å². The monoisotopic (exact) mass is 218 g/mol. The van der Waals surface area contributed by atoms with E-state index in [4.69, 9.17) is 0 Å². The number of ketones is 1. The summed E-state index contributed by atoms with van der Waals surface area (Å²) in [7, 11) is 0. The number of allylic oxidation sites excluding steroid dienone is 4. The topological polar surface area (TPSA) is 17.1 Å². The molecule has 0 saturated heterocycles. The van der Waals surface area contributed by atoms with Gasteiger partial charge in [-0.2, -0.15) is 0 Å². The third-order valence-electron chi connectivity index (χ3n) is 3.65. The molecule has 0 saturated carbocycles. The van der Waals surface area contributed by atoms with Crippen LogP contribution < -0.4 is 0 Å². The minimum Gasteiger partial charge on any atom is -0.295 e. The SMILES string of the molecule is C=CCC1=C(C)C(CC=C)C(C)(C)CC1=O. The molecule has 1 unspecified atom stereocenters. The molecular weight excluding hydrogens is 196 g/mol. The van der Waals surface area contributed by atoms with Crippen molar-refractivity contribution in [2.45, 2.75) is 40.0 Å². The van der Waals surface area contributed by atoms with Crippen LogP contribution in [0, 0.1) is 11.3 Å². The zero-order chi connectivity index (χ0) is 12.3. The first-order valence-corrected chi connectivity index (χ1v) is 5.88. The summed E-state index contributed by atoms with van der Waals surface area (Å²) in [5.41, 5.74) is 2.27. The Balaban J connectivity index is 3.15. The van der Waals surface area contributed by atoms with Crippen LogP contribution in [0.4, 0.5) is 0 Å². The van der Waals surface area contributed by atoms with Gasteiger partial charge in [0.05, 0.1) is 0 Å². The van der Waals surface area contributed by atoms with Crippen molar-refractivity contribution < 1.29 is 4.79 Å².